The van der Waals surface area contributed by atoms with Crippen LogP contribution in [0.1, 0.15) is 46.9 Å². The van der Waals surface area contributed by atoms with Gasteiger partial charge in [-0.2, -0.15) is 0 Å². The summed E-state index contributed by atoms with van der Waals surface area (Å²) in [6.45, 7) is 1.77. The standard InChI is InChI=1S/C20H21N3O6S2/c1-2-11-30(26,27)22-15-6-4-14(5-7-15)21-19(24)13-3-10-17-18(12-13)31(28,29)23(20(17)25)16-8-9-16/h3-7,10,12,16,22H,2,8-9,11H2,1H3,(H,21,24). The number of amides is 2. The van der Waals surface area contributed by atoms with Crippen molar-refractivity contribution in [3.8, 4) is 0 Å². The van der Waals surface area contributed by atoms with Gasteiger partial charge in [0.25, 0.3) is 21.8 Å². The SMILES string of the molecule is CCCS(=O)(=O)Nc1ccc(NC(=O)c2ccc3c(c2)S(=O)(=O)N(C2CC2)C3=O)cc1. The molecule has 1 aliphatic carbocycles. The molecule has 2 N–H and O–H groups in total. The molecule has 164 valence electrons. The van der Waals surface area contributed by atoms with Gasteiger partial charge in [-0.15, -0.1) is 0 Å². The highest BCUT2D eigenvalue weighted by Crippen LogP contribution is 2.39. The van der Waals surface area contributed by atoms with Crippen LogP contribution in [0.2, 0.25) is 0 Å². The number of hydrogen-bond donors (Lipinski definition) is 2. The fraction of sp³-hybridized carbons (Fsp3) is 0.300. The van der Waals surface area contributed by atoms with E-state index in [0.29, 0.717) is 30.6 Å². The van der Waals surface area contributed by atoms with Crippen molar-refractivity contribution in [3.05, 3.63) is 53.6 Å². The first-order valence-corrected chi connectivity index (χ1v) is 12.9. The highest BCUT2D eigenvalue weighted by atomic mass is 32.2. The molecule has 0 radical (unpaired) electrons. The highest BCUT2D eigenvalue weighted by molar-refractivity contribution is 7.92. The number of hydrogen-bond acceptors (Lipinski definition) is 6. The van der Waals surface area contributed by atoms with Crippen LogP contribution < -0.4 is 10.0 Å². The molecule has 0 spiro atoms. The summed E-state index contributed by atoms with van der Waals surface area (Å²) in [5, 5.41) is 2.64. The monoisotopic (exact) mass is 463 g/mol. The number of anilines is 2. The van der Waals surface area contributed by atoms with Gasteiger partial charge in [0.15, 0.2) is 0 Å². The molecule has 0 unspecified atom stereocenters. The quantitative estimate of drug-likeness (QED) is 0.649. The van der Waals surface area contributed by atoms with E-state index in [1.165, 1.54) is 42.5 Å². The number of nitrogens with one attached hydrogen (secondary N) is 2. The largest absolute Gasteiger partial charge is 0.322 e. The topological polar surface area (TPSA) is 130 Å². The van der Waals surface area contributed by atoms with Crippen LogP contribution in [-0.2, 0) is 20.0 Å². The molecular weight excluding hydrogens is 442 g/mol. The van der Waals surface area contributed by atoms with Crippen LogP contribution in [0.4, 0.5) is 11.4 Å². The maximum atomic E-state index is 12.7. The number of nitrogens with zero attached hydrogens (tertiary/aromatic N) is 1. The molecule has 4 rings (SSSR count). The van der Waals surface area contributed by atoms with E-state index in [1.807, 2.05) is 0 Å². The van der Waals surface area contributed by atoms with Gasteiger partial charge in [0, 0.05) is 23.0 Å². The molecule has 0 bridgehead atoms. The van der Waals surface area contributed by atoms with Gasteiger partial charge in [-0.25, -0.2) is 21.1 Å². The lowest BCUT2D eigenvalue weighted by atomic mass is 10.1. The molecule has 1 saturated carbocycles. The Kier molecular flexibility index (Phi) is 5.26. The zero-order valence-electron chi connectivity index (χ0n) is 16.7. The van der Waals surface area contributed by atoms with E-state index >= 15 is 0 Å². The predicted octanol–water partition coefficient (Wildman–Crippen LogP) is 2.40. The van der Waals surface area contributed by atoms with Crippen molar-refractivity contribution >= 4 is 43.2 Å². The lowest BCUT2D eigenvalue weighted by Gasteiger charge is -2.13. The minimum absolute atomic E-state index is 0.00734. The van der Waals surface area contributed by atoms with Crippen LogP contribution in [0.15, 0.2) is 47.4 Å². The van der Waals surface area contributed by atoms with Crippen LogP contribution in [0.5, 0.6) is 0 Å². The molecule has 9 nitrogen and oxygen atoms in total. The summed E-state index contributed by atoms with van der Waals surface area (Å²) in [6, 6.07) is 9.78. The number of rotatable bonds is 7. The molecule has 2 aromatic rings. The van der Waals surface area contributed by atoms with E-state index in [1.54, 1.807) is 6.92 Å². The Morgan fingerprint density at radius 2 is 1.74 bits per heavy atom. The maximum Gasteiger partial charge on any atom is 0.269 e. The van der Waals surface area contributed by atoms with Gasteiger partial charge in [-0.1, -0.05) is 6.92 Å². The number of sulfonamides is 2. The summed E-state index contributed by atoms with van der Waals surface area (Å²) >= 11 is 0. The molecule has 1 aliphatic heterocycles. The van der Waals surface area contributed by atoms with Gasteiger partial charge < -0.3 is 5.32 Å². The molecule has 2 aromatic carbocycles. The van der Waals surface area contributed by atoms with Crippen molar-refractivity contribution in [2.24, 2.45) is 0 Å². The van der Waals surface area contributed by atoms with Crippen LogP contribution in [0.25, 0.3) is 0 Å². The average Bonchev–Trinajstić information content (AvgIpc) is 3.50. The summed E-state index contributed by atoms with van der Waals surface area (Å²) in [6.07, 6.45) is 1.79. The van der Waals surface area contributed by atoms with Gasteiger partial charge in [-0.3, -0.25) is 14.3 Å². The number of carbonyl (C=O) groups is 2. The van der Waals surface area contributed by atoms with Gasteiger partial charge in [0.2, 0.25) is 10.0 Å². The molecule has 11 heteroatoms. The Hall–Kier alpha value is -2.92. The fourth-order valence-electron chi connectivity index (χ4n) is 3.38. The third kappa shape index (κ3) is 4.15. The fourth-order valence-corrected chi connectivity index (χ4v) is 6.36. The molecule has 2 amide bonds. The number of benzene rings is 2. The second-order valence-corrected chi connectivity index (χ2v) is 11.1. The molecule has 1 fully saturated rings. The van der Waals surface area contributed by atoms with Crippen molar-refractivity contribution in [2.45, 2.75) is 37.1 Å². The van der Waals surface area contributed by atoms with Crippen LogP contribution in [-0.4, -0.2) is 44.7 Å². The smallest absolute Gasteiger partial charge is 0.269 e. The summed E-state index contributed by atoms with van der Waals surface area (Å²) in [4.78, 5) is 24.9. The number of carbonyl (C=O) groups excluding carboxylic acids is 2. The van der Waals surface area contributed by atoms with E-state index in [0.717, 1.165) is 4.31 Å². The zero-order chi connectivity index (χ0) is 22.4. The summed E-state index contributed by atoms with van der Waals surface area (Å²) in [5.74, 6) is -1.09. The molecule has 2 aliphatic rings. The lowest BCUT2D eigenvalue weighted by Crippen LogP contribution is -2.31. The average molecular weight is 464 g/mol. The van der Waals surface area contributed by atoms with Gasteiger partial charge in [0.05, 0.1) is 11.3 Å². The molecule has 0 atom stereocenters. The van der Waals surface area contributed by atoms with Gasteiger partial charge in [0.1, 0.15) is 4.90 Å². The minimum Gasteiger partial charge on any atom is -0.322 e. The normalized spacial score (nSPS) is 17.3. The molecule has 1 heterocycles. The first-order chi connectivity index (χ1) is 14.6. The van der Waals surface area contributed by atoms with Crippen molar-refractivity contribution in [1.82, 2.24) is 4.31 Å². The van der Waals surface area contributed by atoms with Crippen LogP contribution >= 0.6 is 0 Å². The minimum atomic E-state index is -3.95. The summed E-state index contributed by atoms with van der Waals surface area (Å²) in [5.41, 5.74) is 0.948. The van der Waals surface area contributed by atoms with Gasteiger partial charge in [-0.05, 0) is 61.7 Å². The second-order valence-electron chi connectivity index (χ2n) is 7.50. The van der Waals surface area contributed by atoms with E-state index in [9.17, 15) is 26.4 Å². The predicted molar refractivity (Wildman–Crippen MR) is 115 cm³/mol. The Bertz CT molecular complexity index is 1270. The first kappa shape index (κ1) is 21.3. The summed E-state index contributed by atoms with van der Waals surface area (Å²) in [7, 11) is -7.37. The molecule has 31 heavy (non-hydrogen) atoms. The Morgan fingerprint density at radius 3 is 2.35 bits per heavy atom. The van der Waals surface area contributed by atoms with Crippen molar-refractivity contribution in [3.63, 3.8) is 0 Å². The third-order valence-corrected chi connectivity index (χ3v) is 8.35. The summed E-state index contributed by atoms with van der Waals surface area (Å²) < 4.78 is 52.5. The highest BCUT2D eigenvalue weighted by Gasteiger charge is 2.48. The second kappa shape index (κ2) is 7.65. The van der Waals surface area contributed by atoms with Crippen molar-refractivity contribution < 1.29 is 26.4 Å². The Balaban J connectivity index is 1.50. The molecule has 0 saturated heterocycles. The third-order valence-electron chi connectivity index (χ3n) is 4.98. The lowest BCUT2D eigenvalue weighted by molar-refractivity contribution is 0.0864. The van der Waals surface area contributed by atoms with Gasteiger partial charge >= 0.3 is 0 Å². The van der Waals surface area contributed by atoms with Crippen LogP contribution in [0, 0.1) is 0 Å². The van der Waals surface area contributed by atoms with Crippen molar-refractivity contribution in [1.29, 1.82) is 0 Å². The maximum absolute atomic E-state index is 12.7. The van der Waals surface area contributed by atoms with Crippen LogP contribution in [0.3, 0.4) is 0 Å². The molecular formula is C20H21N3O6S2. The molecule has 0 aromatic heterocycles. The Labute approximate surface area is 180 Å². The van der Waals surface area contributed by atoms with E-state index in [4.69, 9.17) is 0 Å². The van der Waals surface area contributed by atoms with Crippen molar-refractivity contribution in [2.75, 3.05) is 15.8 Å². The van der Waals surface area contributed by atoms with E-state index < -0.39 is 31.9 Å². The Morgan fingerprint density at radius 1 is 1.10 bits per heavy atom. The van der Waals surface area contributed by atoms with E-state index in [-0.39, 0.29) is 27.8 Å². The number of fused-ring (bicyclic) bond motifs is 1. The zero-order valence-corrected chi connectivity index (χ0v) is 18.3. The first-order valence-electron chi connectivity index (χ1n) is 9.77. The van der Waals surface area contributed by atoms with E-state index in [2.05, 4.69) is 10.0 Å².